The van der Waals surface area contributed by atoms with E-state index in [0.717, 1.165) is 22.4 Å². The molecule has 0 bridgehead atoms. The van der Waals surface area contributed by atoms with Crippen molar-refractivity contribution in [3.8, 4) is 5.75 Å². The lowest BCUT2D eigenvalue weighted by Gasteiger charge is -2.25. The van der Waals surface area contributed by atoms with Crippen LogP contribution < -0.4 is 10.5 Å². The maximum absolute atomic E-state index is 10.8. The second-order valence-corrected chi connectivity index (χ2v) is 6.04. The molecule has 0 aliphatic rings. The number of carboxylic acid groups (broad SMARTS) is 1. The standard InChI is InChI=1S/C17H27NO3/c1-10(2)12-6-7-13(11(3)4)17(21-5)16(12)14(18)8-9-15(19)20/h6-7,10-11,14H,8-9,18H2,1-5H3,(H,19,20). The summed E-state index contributed by atoms with van der Waals surface area (Å²) < 4.78 is 5.63. The zero-order valence-electron chi connectivity index (χ0n) is 13.6. The Balaban J connectivity index is 3.34. The lowest BCUT2D eigenvalue weighted by molar-refractivity contribution is -0.137. The van der Waals surface area contributed by atoms with E-state index in [2.05, 4.69) is 39.8 Å². The van der Waals surface area contributed by atoms with Gasteiger partial charge >= 0.3 is 5.97 Å². The van der Waals surface area contributed by atoms with E-state index in [1.807, 2.05) is 0 Å². The fourth-order valence-corrected chi connectivity index (χ4v) is 2.62. The summed E-state index contributed by atoms with van der Waals surface area (Å²) in [6, 6.07) is 3.86. The molecule has 1 rings (SSSR count). The Morgan fingerprint density at radius 1 is 1.19 bits per heavy atom. The van der Waals surface area contributed by atoms with Crippen LogP contribution >= 0.6 is 0 Å². The number of benzene rings is 1. The Morgan fingerprint density at radius 3 is 2.14 bits per heavy atom. The maximum Gasteiger partial charge on any atom is 0.303 e. The minimum absolute atomic E-state index is 0.0633. The van der Waals surface area contributed by atoms with E-state index in [1.54, 1.807) is 7.11 Å². The van der Waals surface area contributed by atoms with Crippen LogP contribution in [0.4, 0.5) is 0 Å². The van der Waals surface area contributed by atoms with E-state index in [0.29, 0.717) is 18.3 Å². The topological polar surface area (TPSA) is 72.5 Å². The smallest absolute Gasteiger partial charge is 0.303 e. The molecule has 1 aromatic carbocycles. The van der Waals surface area contributed by atoms with Crippen LogP contribution in [0.15, 0.2) is 12.1 Å². The highest BCUT2D eigenvalue weighted by Gasteiger charge is 2.22. The molecule has 0 fully saturated rings. The van der Waals surface area contributed by atoms with Gasteiger partial charge in [-0.15, -0.1) is 0 Å². The largest absolute Gasteiger partial charge is 0.496 e. The lowest BCUT2D eigenvalue weighted by Crippen LogP contribution is -2.17. The Bertz CT molecular complexity index is 495. The lowest BCUT2D eigenvalue weighted by atomic mass is 9.86. The van der Waals surface area contributed by atoms with Crippen molar-refractivity contribution in [3.63, 3.8) is 0 Å². The first-order chi connectivity index (χ1) is 9.79. The van der Waals surface area contributed by atoms with E-state index < -0.39 is 5.97 Å². The van der Waals surface area contributed by atoms with Crippen LogP contribution in [0.25, 0.3) is 0 Å². The van der Waals surface area contributed by atoms with Gasteiger partial charge in [0.1, 0.15) is 5.75 Å². The predicted octanol–water partition coefficient (Wildman–Crippen LogP) is 3.81. The summed E-state index contributed by atoms with van der Waals surface area (Å²) in [4.78, 5) is 10.8. The first-order valence-corrected chi connectivity index (χ1v) is 7.47. The average molecular weight is 293 g/mol. The highest BCUT2D eigenvalue weighted by atomic mass is 16.5. The Labute approximate surface area is 127 Å². The molecule has 3 N–H and O–H groups in total. The molecule has 4 nitrogen and oxygen atoms in total. The van der Waals surface area contributed by atoms with Gasteiger partial charge in [0.2, 0.25) is 0 Å². The summed E-state index contributed by atoms with van der Waals surface area (Å²) in [6.07, 6.45) is 0.473. The van der Waals surface area contributed by atoms with Gasteiger partial charge in [-0.3, -0.25) is 4.79 Å². The number of nitrogens with two attached hydrogens (primary N) is 1. The molecule has 0 aliphatic heterocycles. The monoisotopic (exact) mass is 293 g/mol. The fourth-order valence-electron chi connectivity index (χ4n) is 2.62. The van der Waals surface area contributed by atoms with Gasteiger partial charge in [0.05, 0.1) is 7.11 Å². The van der Waals surface area contributed by atoms with Gasteiger partial charge in [0.25, 0.3) is 0 Å². The Morgan fingerprint density at radius 2 is 1.71 bits per heavy atom. The van der Waals surface area contributed by atoms with Gasteiger partial charge in [-0.2, -0.15) is 0 Å². The molecule has 1 unspecified atom stereocenters. The van der Waals surface area contributed by atoms with Crippen LogP contribution in [0.5, 0.6) is 5.75 Å². The predicted molar refractivity (Wildman–Crippen MR) is 85.0 cm³/mol. The number of carboxylic acids is 1. The minimum atomic E-state index is -0.824. The molecule has 0 spiro atoms. The number of ether oxygens (including phenoxy) is 1. The van der Waals surface area contributed by atoms with Gasteiger partial charge in [-0.25, -0.2) is 0 Å². The maximum atomic E-state index is 10.8. The molecule has 0 amide bonds. The first-order valence-electron chi connectivity index (χ1n) is 7.47. The molecule has 0 saturated heterocycles. The summed E-state index contributed by atoms with van der Waals surface area (Å²) in [5.74, 6) is 0.627. The SMILES string of the molecule is COc1c(C(C)C)ccc(C(C)C)c1C(N)CCC(=O)O. The molecular weight excluding hydrogens is 266 g/mol. The van der Waals surface area contributed by atoms with Crippen LogP contribution in [0.3, 0.4) is 0 Å². The van der Waals surface area contributed by atoms with Crippen LogP contribution in [-0.4, -0.2) is 18.2 Å². The van der Waals surface area contributed by atoms with Crippen molar-refractivity contribution in [2.45, 2.75) is 58.4 Å². The van der Waals surface area contributed by atoms with Crippen molar-refractivity contribution in [2.75, 3.05) is 7.11 Å². The molecule has 0 aromatic heterocycles. The number of methoxy groups -OCH3 is 1. The summed E-state index contributed by atoms with van der Waals surface area (Å²) in [6.45, 7) is 8.44. The van der Waals surface area contributed by atoms with Gasteiger partial charge in [0.15, 0.2) is 0 Å². The molecule has 21 heavy (non-hydrogen) atoms. The Kier molecular flexibility index (Phi) is 6.21. The van der Waals surface area contributed by atoms with Crippen molar-refractivity contribution < 1.29 is 14.6 Å². The van der Waals surface area contributed by atoms with E-state index in [-0.39, 0.29) is 12.5 Å². The zero-order valence-corrected chi connectivity index (χ0v) is 13.6. The minimum Gasteiger partial charge on any atom is -0.496 e. The van der Waals surface area contributed by atoms with Crippen LogP contribution in [-0.2, 0) is 4.79 Å². The fraction of sp³-hybridized carbons (Fsp3) is 0.588. The first kappa shape index (κ1) is 17.5. The number of carbonyl (C=O) groups is 1. The molecule has 0 heterocycles. The Hall–Kier alpha value is -1.55. The molecule has 118 valence electrons. The summed E-state index contributed by atoms with van der Waals surface area (Å²) in [5, 5.41) is 8.87. The second kappa shape index (κ2) is 7.46. The normalized spacial score (nSPS) is 12.8. The summed E-state index contributed by atoms with van der Waals surface area (Å²) in [7, 11) is 1.65. The van der Waals surface area contributed by atoms with Gasteiger partial charge < -0.3 is 15.6 Å². The van der Waals surface area contributed by atoms with Crippen LogP contribution in [0.1, 0.15) is 75.1 Å². The van der Waals surface area contributed by atoms with Gasteiger partial charge in [-0.1, -0.05) is 39.8 Å². The zero-order chi connectivity index (χ0) is 16.2. The van der Waals surface area contributed by atoms with Crippen molar-refractivity contribution in [1.82, 2.24) is 0 Å². The molecular formula is C17H27NO3. The third-order valence-electron chi connectivity index (χ3n) is 3.75. The average Bonchev–Trinajstić information content (AvgIpc) is 2.42. The second-order valence-electron chi connectivity index (χ2n) is 6.04. The third-order valence-corrected chi connectivity index (χ3v) is 3.75. The number of rotatable bonds is 7. The van der Waals surface area contributed by atoms with E-state index in [1.165, 1.54) is 0 Å². The quantitative estimate of drug-likeness (QED) is 0.802. The van der Waals surface area contributed by atoms with Crippen molar-refractivity contribution in [1.29, 1.82) is 0 Å². The highest BCUT2D eigenvalue weighted by Crippen LogP contribution is 2.39. The van der Waals surface area contributed by atoms with Crippen molar-refractivity contribution >= 4 is 5.97 Å². The van der Waals surface area contributed by atoms with Crippen LogP contribution in [0, 0.1) is 0 Å². The van der Waals surface area contributed by atoms with E-state index in [4.69, 9.17) is 15.6 Å². The van der Waals surface area contributed by atoms with E-state index >= 15 is 0 Å². The molecule has 1 aromatic rings. The number of hydrogen-bond acceptors (Lipinski definition) is 3. The molecule has 0 radical (unpaired) electrons. The van der Waals surface area contributed by atoms with Crippen molar-refractivity contribution in [2.24, 2.45) is 5.73 Å². The molecule has 0 saturated carbocycles. The highest BCUT2D eigenvalue weighted by molar-refractivity contribution is 5.66. The van der Waals surface area contributed by atoms with Gasteiger partial charge in [0, 0.05) is 18.0 Å². The summed E-state index contributed by atoms with van der Waals surface area (Å²) in [5.41, 5.74) is 9.49. The molecule has 1 atom stereocenters. The third kappa shape index (κ3) is 4.21. The molecule has 0 aliphatic carbocycles. The van der Waals surface area contributed by atoms with Crippen molar-refractivity contribution in [3.05, 3.63) is 28.8 Å². The summed E-state index contributed by atoms with van der Waals surface area (Å²) >= 11 is 0. The molecule has 4 heteroatoms. The van der Waals surface area contributed by atoms with E-state index in [9.17, 15) is 4.79 Å². The number of aliphatic carboxylic acids is 1. The number of hydrogen-bond donors (Lipinski definition) is 2. The van der Waals surface area contributed by atoms with Gasteiger partial charge in [-0.05, 0) is 29.4 Å². The van der Waals surface area contributed by atoms with Crippen LogP contribution in [0.2, 0.25) is 0 Å².